The molecule has 0 aliphatic rings. The molecule has 8 heteroatoms. The summed E-state index contributed by atoms with van der Waals surface area (Å²) in [7, 11) is 0. The van der Waals surface area contributed by atoms with E-state index >= 15 is 0 Å². The molecule has 1 aromatic heterocycles. The Kier molecular flexibility index (Phi) is 2.49. The van der Waals surface area contributed by atoms with Crippen LogP contribution in [0, 0.1) is 0 Å². The minimum absolute atomic E-state index is 0.0736. The van der Waals surface area contributed by atoms with Crippen molar-refractivity contribution in [3.05, 3.63) is 22.7 Å². The van der Waals surface area contributed by atoms with E-state index in [9.17, 15) is 18.0 Å². The number of rotatable bonds is 2. The van der Waals surface area contributed by atoms with Gasteiger partial charge in [-0.3, -0.25) is 4.98 Å². The number of oxazole rings is 1. The maximum atomic E-state index is 12.0. The van der Waals surface area contributed by atoms with Gasteiger partial charge in [0, 0.05) is 6.07 Å². The third-order valence-electron chi connectivity index (χ3n) is 2.07. The van der Waals surface area contributed by atoms with Gasteiger partial charge in [0.1, 0.15) is 6.54 Å². The fourth-order valence-electron chi connectivity index (χ4n) is 1.36. The molecular weight excluding hydrogens is 239 g/mol. The molecule has 5 nitrogen and oxygen atoms in total. The summed E-state index contributed by atoms with van der Waals surface area (Å²) in [6, 6.07) is 2.58. The minimum Gasteiger partial charge on any atom is -0.408 e. The highest BCUT2D eigenvalue weighted by Crippen LogP contribution is 2.25. The normalized spacial score (nSPS) is 11.9. The Morgan fingerprint density at radius 2 is 2.12 bits per heavy atom. The van der Waals surface area contributed by atoms with Gasteiger partial charge in [-0.05, 0) is 6.07 Å². The smallest absolute Gasteiger partial charge is 0.408 e. The Bertz CT molecular complexity index is 600. The van der Waals surface area contributed by atoms with Crippen molar-refractivity contribution < 1.29 is 17.6 Å². The molecule has 0 amide bonds. The van der Waals surface area contributed by atoms with Crippen LogP contribution in [-0.2, 0) is 0 Å². The summed E-state index contributed by atoms with van der Waals surface area (Å²) in [6.07, 6.45) is -4.34. The molecule has 0 spiro atoms. The Labute approximate surface area is 92.4 Å². The molecule has 2 rings (SSSR count). The Morgan fingerprint density at radius 1 is 1.41 bits per heavy atom. The highest BCUT2D eigenvalue weighted by Gasteiger charge is 2.27. The van der Waals surface area contributed by atoms with Crippen molar-refractivity contribution in [2.24, 2.45) is 0 Å². The van der Waals surface area contributed by atoms with Gasteiger partial charge in [-0.15, -0.1) is 0 Å². The van der Waals surface area contributed by atoms with Crippen LogP contribution >= 0.6 is 0 Å². The maximum Gasteiger partial charge on any atom is 0.417 e. The second-order valence-electron chi connectivity index (χ2n) is 3.42. The van der Waals surface area contributed by atoms with E-state index in [0.29, 0.717) is 0 Å². The van der Waals surface area contributed by atoms with E-state index in [2.05, 4.69) is 10.3 Å². The summed E-state index contributed by atoms with van der Waals surface area (Å²) >= 11 is 0. The average molecular weight is 247 g/mol. The van der Waals surface area contributed by atoms with Crippen molar-refractivity contribution >= 4 is 22.5 Å². The van der Waals surface area contributed by atoms with Crippen LogP contribution < -0.4 is 16.8 Å². The van der Waals surface area contributed by atoms with Crippen molar-refractivity contribution in [3.8, 4) is 0 Å². The van der Waals surface area contributed by atoms with Crippen molar-refractivity contribution in [2.75, 3.05) is 17.6 Å². The molecule has 0 saturated carbocycles. The SMILES string of the molecule is Nc1cc2oc(=O)[nH]c2cc1NCC(F)(F)F. The van der Waals surface area contributed by atoms with Crippen molar-refractivity contribution in [3.63, 3.8) is 0 Å². The third-order valence-corrected chi connectivity index (χ3v) is 2.07. The number of nitrogen functional groups attached to an aromatic ring is 1. The molecule has 0 fully saturated rings. The zero-order valence-corrected chi connectivity index (χ0v) is 8.39. The fourth-order valence-corrected chi connectivity index (χ4v) is 1.36. The number of anilines is 2. The van der Waals surface area contributed by atoms with E-state index in [1.54, 1.807) is 0 Å². The average Bonchev–Trinajstić information content (AvgIpc) is 2.52. The molecule has 0 bridgehead atoms. The summed E-state index contributed by atoms with van der Waals surface area (Å²) in [5.41, 5.74) is 6.17. The molecule has 1 heterocycles. The quantitative estimate of drug-likeness (QED) is 0.705. The molecule has 0 aliphatic carbocycles. The second-order valence-corrected chi connectivity index (χ2v) is 3.42. The van der Waals surface area contributed by atoms with Gasteiger partial charge in [0.15, 0.2) is 5.58 Å². The minimum atomic E-state index is -4.34. The van der Waals surface area contributed by atoms with E-state index in [1.165, 1.54) is 12.1 Å². The molecular formula is C9H8F3N3O2. The van der Waals surface area contributed by atoms with E-state index < -0.39 is 18.5 Å². The fraction of sp³-hybridized carbons (Fsp3) is 0.222. The number of halogens is 3. The molecule has 4 N–H and O–H groups in total. The van der Waals surface area contributed by atoms with E-state index in [4.69, 9.17) is 10.2 Å². The Balaban J connectivity index is 2.34. The molecule has 92 valence electrons. The summed E-state index contributed by atoms with van der Waals surface area (Å²) in [5.74, 6) is -0.688. The van der Waals surface area contributed by atoms with E-state index in [1.807, 2.05) is 0 Å². The largest absolute Gasteiger partial charge is 0.417 e. The zero-order valence-electron chi connectivity index (χ0n) is 8.39. The van der Waals surface area contributed by atoms with Crippen LogP contribution in [0.15, 0.2) is 21.3 Å². The van der Waals surface area contributed by atoms with Gasteiger partial charge in [-0.2, -0.15) is 13.2 Å². The number of nitrogens with one attached hydrogen (secondary N) is 2. The molecule has 0 unspecified atom stereocenters. The van der Waals surface area contributed by atoms with Gasteiger partial charge in [0.2, 0.25) is 0 Å². The predicted molar refractivity (Wildman–Crippen MR) is 55.8 cm³/mol. The molecule has 0 aliphatic heterocycles. The molecule has 1 aromatic carbocycles. The number of hydrogen-bond donors (Lipinski definition) is 3. The number of H-pyrrole nitrogens is 1. The lowest BCUT2D eigenvalue weighted by Gasteiger charge is -2.11. The van der Waals surface area contributed by atoms with Gasteiger partial charge < -0.3 is 15.5 Å². The summed E-state index contributed by atoms with van der Waals surface area (Å²) in [6.45, 7) is -1.20. The van der Waals surface area contributed by atoms with E-state index in [-0.39, 0.29) is 22.5 Å². The lowest BCUT2D eigenvalue weighted by Crippen LogP contribution is -2.21. The predicted octanol–water partition coefficient (Wildman–Crippen LogP) is 1.68. The molecule has 0 atom stereocenters. The van der Waals surface area contributed by atoms with Crippen molar-refractivity contribution in [2.45, 2.75) is 6.18 Å². The lowest BCUT2D eigenvalue weighted by molar-refractivity contribution is -0.115. The van der Waals surface area contributed by atoms with Gasteiger partial charge in [-0.25, -0.2) is 4.79 Å². The standard InChI is InChI=1S/C9H8F3N3O2/c10-9(11,12)3-14-5-2-6-7(1-4(5)13)17-8(16)15-6/h1-2,14H,3,13H2,(H,15,16). The maximum absolute atomic E-state index is 12.0. The first-order valence-electron chi connectivity index (χ1n) is 4.58. The lowest BCUT2D eigenvalue weighted by atomic mass is 10.2. The third kappa shape index (κ3) is 2.52. The first-order valence-corrected chi connectivity index (χ1v) is 4.58. The van der Waals surface area contributed by atoms with Gasteiger partial charge in [0.05, 0.1) is 16.9 Å². The van der Waals surface area contributed by atoms with Crippen LogP contribution in [0.1, 0.15) is 0 Å². The molecule has 0 saturated heterocycles. The van der Waals surface area contributed by atoms with Crippen molar-refractivity contribution in [1.29, 1.82) is 0 Å². The first-order chi connectivity index (χ1) is 7.85. The van der Waals surface area contributed by atoms with E-state index in [0.717, 1.165) is 0 Å². The molecule has 0 radical (unpaired) electrons. The van der Waals surface area contributed by atoms with Crippen LogP contribution in [0.5, 0.6) is 0 Å². The Morgan fingerprint density at radius 3 is 2.76 bits per heavy atom. The van der Waals surface area contributed by atoms with Gasteiger partial charge in [0.25, 0.3) is 0 Å². The molecule has 2 aromatic rings. The number of aromatic nitrogens is 1. The monoisotopic (exact) mass is 247 g/mol. The number of nitrogens with two attached hydrogens (primary N) is 1. The van der Waals surface area contributed by atoms with Gasteiger partial charge in [-0.1, -0.05) is 0 Å². The van der Waals surface area contributed by atoms with Crippen LogP contribution in [0.2, 0.25) is 0 Å². The van der Waals surface area contributed by atoms with Crippen molar-refractivity contribution in [1.82, 2.24) is 4.98 Å². The van der Waals surface area contributed by atoms with Crippen LogP contribution in [-0.4, -0.2) is 17.7 Å². The highest BCUT2D eigenvalue weighted by molar-refractivity contribution is 5.85. The van der Waals surface area contributed by atoms with Crippen LogP contribution in [0.4, 0.5) is 24.5 Å². The van der Waals surface area contributed by atoms with Crippen LogP contribution in [0.25, 0.3) is 11.1 Å². The number of aromatic amines is 1. The van der Waals surface area contributed by atoms with Gasteiger partial charge >= 0.3 is 11.9 Å². The Hall–Kier alpha value is -2.12. The number of alkyl halides is 3. The first kappa shape index (κ1) is 11.4. The number of hydrogen-bond acceptors (Lipinski definition) is 4. The second kappa shape index (κ2) is 3.72. The summed E-state index contributed by atoms with van der Waals surface area (Å²) in [4.78, 5) is 13.2. The zero-order chi connectivity index (χ0) is 12.6. The number of fused-ring (bicyclic) bond motifs is 1. The summed E-state index contributed by atoms with van der Waals surface area (Å²) in [5, 5.41) is 2.14. The molecule has 17 heavy (non-hydrogen) atoms. The summed E-state index contributed by atoms with van der Waals surface area (Å²) < 4.78 is 40.7. The topological polar surface area (TPSA) is 84.0 Å². The van der Waals surface area contributed by atoms with Crippen LogP contribution in [0.3, 0.4) is 0 Å². The highest BCUT2D eigenvalue weighted by atomic mass is 19.4. The number of benzene rings is 1.